The second-order valence-corrected chi connectivity index (χ2v) is 1.79. The highest BCUT2D eigenvalue weighted by atomic mass is 19.1. The molecule has 0 saturated heterocycles. The number of carbonyl (C=O) groups is 1. The van der Waals surface area contributed by atoms with Gasteiger partial charge in [0.15, 0.2) is 0 Å². The van der Waals surface area contributed by atoms with Crippen LogP contribution in [0.5, 0.6) is 0 Å². The summed E-state index contributed by atoms with van der Waals surface area (Å²) in [5.41, 5.74) is 9.34. The number of nitrogens with two attached hydrogens (primary N) is 2. The van der Waals surface area contributed by atoms with Gasteiger partial charge in [-0.15, -0.1) is 0 Å². The van der Waals surface area contributed by atoms with Crippen LogP contribution in [0, 0.1) is 0 Å². The van der Waals surface area contributed by atoms with Crippen molar-refractivity contribution >= 4 is 5.91 Å². The minimum Gasteiger partial charge on any atom is -0.396 e. The second-order valence-electron chi connectivity index (χ2n) is 1.79. The lowest BCUT2D eigenvalue weighted by molar-refractivity contribution is -0.114. The molecule has 0 saturated carbocycles. The molecule has 4 N–H and O–H groups in total. The molecule has 10 heavy (non-hydrogen) atoms. The lowest BCUT2D eigenvalue weighted by atomic mass is 10.2. The lowest BCUT2D eigenvalue weighted by Gasteiger charge is -1.99. The van der Waals surface area contributed by atoms with Crippen molar-refractivity contribution in [2.75, 3.05) is 0 Å². The fourth-order valence-corrected chi connectivity index (χ4v) is 0.341. The summed E-state index contributed by atoms with van der Waals surface area (Å²) in [6.07, 6.45) is 0. The van der Waals surface area contributed by atoms with E-state index in [0.29, 0.717) is 0 Å². The third-order valence-corrected chi connectivity index (χ3v) is 0.994. The van der Waals surface area contributed by atoms with Crippen LogP contribution in [0.15, 0.2) is 23.7 Å². The third-order valence-electron chi connectivity index (χ3n) is 0.994. The van der Waals surface area contributed by atoms with E-state index in [1.165, 1.54) is 0 Å². The molecule has 0 aliphatic heterocycles. The summed E-state index contributed by atoms with van der Waals surface area (Å²) in [5.74, 6) is -1.46. The molecule has 0 aliphatic rings. The number of carbonyl (C=O) groups excluding carboxylic acids is 1. The van der Waals surface area contributed by atoms with Crippen molar-refractivity contribution in [1.29, 1.82) is 0 Å². The number of rotatable bonds is 2. The number of halogens is 1. The molecule has 56 valence electrons. The molecule has 0 aromatic carbocycles. The Balaban J connectivity index is 4.54. The average molecular weight is 144 g/mol. The van der Waals surface area contributed by atoms with E-state index in [4.69, 9.17) is 11.5 Å². The van der Waals surface area contributed by atoms with Crippen LogP contribution in [0.2, 0.25) is 0 Å². The van der Waals surface area contributed by atoms with E-state index in [0.717, 1.165) is 6.92 Å². The van der Waals surface area contributed by atoms with Gasteiger partial charge in [-0.3, -0.25) is 4.79 Å². The van der Waals surface area contributed by atoms with Gasteiger partial charge >= 0.3 is 0 Å². The Kier molecular flexibility index (Phi) is 2.61. The van der Waals surface area contributed by atoms with Gasteiger partial charge < -0.3 is 11.5 Å². The Morgan fingerprint density at radius 3 is 2.00 bits per heavy atom. The van der Waals surface area contributed by atoms with Crippen LogP contribution in [-0.2, 0) is 4.79 Å². The first-order valence-electron chi connectivity index (χ1n) is 2.57. The predicted molar refractivity (Wildman–Crippen MR) is 36.3 cm³/mol. The van der Waals surface area contributed by atoms with E-state index in [1.807, 2.05) is 0 Å². The van der Waals surface area contributed by atoms with Crippen LogP contribution in [0.3, 0.4) is 0 Å². The fourth-order valence-electron chi connectivity index (χ4n) is 0.341. The molecule has 1 amide bonds. The molecule has 0 atom stereocenters. The normalized spacial score (nSPS) is 12.2. The zero-order valence-electron chi connectivity index (χ0n) is 5.65. The summed E-state index contributed by atoms with van der Waals surface area (Å²) >= 11 is 0. The third kappa shape index (κ3) is 1.89. The molecule has 0 aromatic rings. The van der Waals surface area contributed by atoms with Crippen LogP contribution in [0.25, 0.3) is 0 Å². The molecule has 0 radical (unpaired) electrons. The van der Waals surface area contributed by atoms with Gasteiger partial charge in [0.05, 0.1) is 11.3 Å². The highest BCUT2D eigenvalue weighted by Gasteiger charge is 2.06. The topological polar surface area (TPSA) is 69.1 Å². The minimum absolute atomic E-state index is 0.194. The maximum atomic E-state index is 12.2. The van der Waals surface area contributed by atoms with E-state index in [2.05, 4.69) is 6.58 Å². The van der Waals surface area contributed by atoms with E-state index < -0.39 is 11.7 Å². The molecule has 0 aromatic heterocycles. The standard InChI is InChI=1S/C6H9FN2O/c1-3(6(9)10)5(8)4(2)7/h1,8H2,2H3,(H2,9,10). The fraction of sp³-hybridized carbons (Fsp3) is 0.167. The van der Waals surface area contributed by atoms with Gasteiger partial charge in [0.25, 0.3) is 0 Å². The molecule has 0 aliphatic carbocycles. The van der Waals surface area contributed by atoms with Gasteiger partial charge in [0, 0.05) is 0 Å². The van der Waals surface area contributed by atoms with Gasteiger partial charge in [-0.05, 0) is 6.92 Å². The first-order valence-corrected chi connectivity index (χ1v) is 2.57. The molecule has 0 spiro atoms. The molecular weight excluding hydrogens is 135 g/mol. The summed E-state index contributed by atoms with van der Waals surface area (Å²) in [6, 6.07) is 0. The van der Waals surface area contributed by atoms with Crippen LogP contribution in [-0.4, -0.2) is 5.91 Å². The molecule has 0 fully saturated rings. The Hall–Kier alpha value is -1.32. The quantitative estimate of drug-likeness (QED) is 0.429. The SMILES string of the molecule is C=C(C(N)=O)C(N)=C(C)F. The number of allylic oxidation sites excluding steroid dienone is 1. The first kappa shape index (κ1) is 8.68. The van der Waals surface area contributed by atoms with Gasteiger partial charge in [-0.2, -0.15) is 0 Å². The smallest absolute Gasteiger partial charge is 0.250 e. The molecular formula is C6H9FN2O. The van der Waals surface area contributed by atoms with E-state index in [1.54, 1.807) is 0 Å². The van der Waals surface area contributed by atoms with Crippen LogP contribution in [0.4, 0.5) is 4.39 Å². The van der Waals surface area contributed by atoms with Crippen LogP contribution in [0.1, 0.15) is 6.92 Å². The Morgan fingerprint density at radius 1 is 1.50 bits per heavy atom. The van der Waals surface area contributed by atoms with Gasteiger partial charge in [-0.1, -0.05) is 6.58 Å². The Morgan fingerprint density at radius 2 is 1.90 bits per heavy atom. The zero-order valence-corrected chi connectivity index (χ0v) is 5.65. The molecule has 0 rings (SSSR count). The van der Waals surface area contributed by atoms with Crippen molar-refractivity contribution in [2.24, 2.45) is 11.5 Å². The zero-order chi connectivity index (χ0) is 8.31. The highest BCUT2D eigenvalue weighted by Crippen LogP contribution is 2.06. The molecule has 4 heteroatoms. The first-order chi connectivity index (χ1) is 4.46. The van der Waals surface area contributed by atoms with Crippen molar-refractivity contribution < 1.29 is 9.18 Å². The van der Waals surface area contributed by atoms with E-state index >= 15 is 0 Å². The maximum absolute atomic E-state index is 12.2. The number of hydrogen-bond donors (Lipinski definition) is 2. The predicted octanol–water partition coefficient (Wildman–Crippen LogP) is 0.188. The van der Waals surface area contributed by atoms with Gasteiger partial charge in [0.1, 0.15) is 5.83 Å². The van der Waals surface area contributed by atoms with Gasteiger partial charge in [0.2, 0.25) is 5.91 Å². The molecule has 3 nitrogen and oxygen atoms in total. The van der Waals surface area contributed by atoms with Crippen molar-refractivity contribution in [2.45, 2.75) is 6.92 Å². The summed E-state index contributed by atoms with van der Waals surface area (Å²) in [4.78, 5) is 10.3. The summed E-state index contributed by atoms with van der Waals surface area (Å²) in [5, 5.41) is 0. The molecule has 0 bridgehead atoms. The van der Waals surface area contributed by atoms with Gasteiger partial charge in [-0.25, -0.2) is 4.39 Å². The Bertz CT molecular complexity index is 204. The summed E-state index contributed by atoms with van der Waals surface area (Å²) in [6.45, 7) is 4.31. The van der Waals surface area contributed by atoms with Crippen LogP contribution >= 0.6 is 0 Å². The second kappa shape index (κ2) is 3.00. The number of primary amides is 1. The minimum atomic E-state index is -0.811. The number of hydrogen-bond acceptors (Lipinski definition) is 2. The van der Waals surface area contributed by atoms with E-state index in [9.17, 15) is 9.18 Å². The molecule has 0 unspecified atom stereocenters. The Labute approximate surface area is 58.2 Å². The summed E-state index contributed by atoms with van der Waals surface area (Å²) in [7, 11) is 0. The monoisotopic (exact) mass is 144 g/mol. The highest BCUT2D eigenvalue weighted by molar-refractivity contribution is 5.95. The largest absolute Gasteiger partial charge is 0.396 e. The van der Waals surface area contributed by atoms with Crippen LogP contribution < -0.4 is 11.5 Å². The lowest BCUT2D eigenvalue weighted by Crippen LogP contribution is -2.18. The van der Waals surface area contributed by atoms with Crippen molar-refractivity contribution in [3.63, 3.8) is 0 Å². The number of amides is 1. The van der Waals surface area contributed by atoms with E-state index in [-0.39, 0.29) is 11.3 Å². The van der Waals surface area contributed by atoms with Crippen molar-refractivity contribution in [1.82, 2.24) is 0 Å². The summed E-state index contributed by atoms with van der Waals surface area (Å²) < 4.78 is 12.2. The molecule has 0 heterocycles. The van der Waals surface area contributed by atoms with Crippen molar-refractivity contribution in [3.05, 3.63) is 23.7 Å². The average Bonchev–Trinajstić information content (AvgIpc) is 1.84. The maximum Gasteiger partial charge on any atom is 0.250 e. The van der Waals surface area contributed by atoms with Crippen molar-refractivity contribution in [3.8, 4) is 0 Å².